The second-order valence-electron chi connectivity index (χ2n) is 2.58. The molecular weight excluding hydrogens is 134 g/mol. The standard InChI is InChI=1S/C6H10F2.C2H6/c1-6(7,8)5-3-2-4-5;1-2/h5H,2-4H2,1H3;1-2H3. The molecule has 0 unspecified atom stereocenters. The van der Waals surface area contributed by atoms with Gasteiger partial charge in [0.25, 0.3) is 0 Å². The van der Waals surface area contributed by atoms with Crippen molar-refractivity contribution < 1.29 is 8.78 Å². The number of hydrogen-bond acceptors (Lipinski definition) is 0. The molecule has 1 aliphatic carbocycles. The predicted molar refractivity (Wildman–Crippen MR) is 39.3 cm³/mol. The molecule has 0 aromatic carbocycles. The molecule has 0 saturated heterocycles. The molecule has 0 amide bonds. The highest BCUT2D eigenvalue weighted by Gasteiger charge is 2.37. The van der Waals surface area contributed by atoms with Crippen LogP contribution < -0.4 is 0 Å². The monoisotopic (exact) mass is 150 g/mol. The average Bonchev–Trinajstić information content (AvgIpc) is 1.61. The van der Waals surface area contributed by atoms with E-state index in [0.29, 0.717) is 0 Å². The maximum absolute atomic E-state index is 12.2. The topological polar surface area (TPSA) is 0 Å². The van der Waals surface area contributed by atoms with Crippen molar-refractivity contribution in [3.63, 3.8) is 0 Å². The average molecular weight is 150 g/mol. The van der Waals surface area contributed by atoms with Gasteiger partial charge in [0.1, 0.15) is 0 Å². The van der Waals surface area contributed by atoms with E-state index in [1.165, 1.54) is 0 Å². The summed E-state index contributed by atoms with van der Waals surface area (Å²) in [7, 11) is 0. The molecule has 1 fully saturated rings. The number of rotatable bonds is 1. The van der Waals surface area contributed by atoms with Crippen LogP contribution in [-0.4, -0.2) is 5.92 Å². The van der Waals surface area contributed by atoms with E-state index in [1.54, 1.807) is 0 Å². The van der Waals surface area contributed by atoms with Crippen molar-refractivity contribution in [1.82, 2.24) is 0 Å². The van der Waals surface area contributed by atoms with E-state index in [0.717, 1.165) is 26.2 Å². The van der Waals surface area contributed by atoms with E-state index in [1.807, 2.05) is 13.8 Å². The van der Waals surface area contributed by atoms with Crippen LogP contribution in [0.3, 0.4) is 0 Å². The van der Waals surface area contributed by atoms with Gasteiger partial charge in [-0.1, -0.05) is 20.3 Å². The van der Waals surface area contributed by atoms with Gasteiger partial charge in [-0.2, -0.15) is 0 Å². The fourth-order valence-corrected chi connectivity index (χ4v) is 0.915. The largest absolute Gasteiger partial charge is 0.248 e. The summed E-state index contributed by atoms with van der Waals surface area (Å²) in [5, 5.41) is 0. The first kappa shape index (κ1) is 9.86. The minimum atomic E-state index is -2.40. The highest BCUT2D eigenvalue weighted by atomic mass is 19.3. The lowest BCUT2D eigenvalue weighted by Crippen LogP contribution is -2.29. The minimum absolute atomic E-state index is 0.303. The van der Waals surface area contributed by atoms with Crippen LogP contribution in [0.1, 0.15) is 40.0 Å². The fraction of sp³-hybridized carbons (Fsp3) is 1.00. The fourth-order valence-electron chi connectivity index (χ4n) is 0.915. The van der Waals surface area contributed by atoms with E-state index in [-0.39, 0.29) is 5.92 Å². The first-order valence-electron chi connectivity index (χ1n) is 3.98. The Morgan fingerprint density at radius 3 is 1.60 bits per heavy atom. The summed E-state index contributed by atoms with van der Waals surface area (Å²) in [6.45, 7) is 5.01. The van der Waals surface area contributed by atoms with Crippen LogP contribution in [0, 0.1) is 5.92 Å². The molecule has 0 N–H and O–H groups in total. The second kappa shape index (κ2) is 3.89. The Kier molecular flexibility index (Phi) is 3.84. The van der Waals surface area contributed by atoms with Gasteiger partial charge < -0.3 is 0 Å². The molecule has 0 bridgehead atoms. The summed E-state index contributed by atoms with van der Waals surface area (Å²) in [6, 6.07) is 0. The van der Waals surface area contributed by atoms with Crippen molar-refractivity contribution >= 4 is 0 Å². The van der Waals surface area contributed by atoms with Crippen LogP contribution in [-0.2, 0) is 0 Å². The molecule has 0 heterocycles. The summed E-state index contributed by atoms with van der Waals surface area (Å²) in [5.41, 5.74) is 0. The van der Waals surface area contributed by atoms with Gasteiger partial charge in [-0.05, 0) is 19.8 Å². The van der Waals surface area contributed by atoms with Gasteiger partial charge >= 0.3 is 0 Å². The third kappa shape index (κ3) is 2.63. The summed E-state index contributed by atoms with van der Waals surface area (Å²) in [4.78, 5) is 0. The third-order valence-corrected chi connectivity index (χ3v) is 1.82. The van der Waals surface area contributed by atoms with Crippen molar-refractivity contribution in [2.24, 2.45) is 5.92 Å². The Labute approximate surface area is 61.6 Å². The molecule has 0 atom stereocenters. The molecular formula is C8H16F2. The van der Waals surface area contributed by atoms with Crippen molar-refractivity contribution in [2.45, 2.75) is 46.0 Å². The second-order valence-corrected chi connectivity index (χ2v) is 2.58. The van der Waals surface area contributed by atoms with Crippen LogP contribution >= 0.6 is 0 Å². The number of halogens is 2. The molecule has 1 saturated carbocycles. The van der Waals surface area contributed by atoms with Crippen molar-refractivity contribution in [3.8, 4) is 0 Å². The van der Waals surface area contributed by atoms with Crippen LogP contribution in [0.2, 0.25) is 0 Å². The van der Waals surface area contributed by atoms with Crippen LogP contribution in [0.15, 0.2) is 0 Å². The molecule has 0 aliphatic heterocycles. The van der Waals surface area contributed by atoms with Crippen molar-refractivity contribution in [2.75, 3.05) is 0 Å². The molecule has 0 aromatic heterocycles. The zero-order valence-corrected chi connectivity index (χ0v) is 6.95. The highest BCUT2D eigenvalue weighted by Crippen LogP contribution is 2.39. The zero-order valence-electron chi connectivity index (χ0n) is 6.95. The smallest absolute Gasteiger partial charge is 0.207 e. The Morgan fingerprint density at radius 2 is 1.60 bits per heavy atom. The lowest BCUT2D eigenvalue weighted by molar-refractivity contribution is -0.0699. The SMILES string of the molecule is CC.CC(F)(F)C1CCC1. The van der Waals surface area contributed by atoms with Crippen LogP contribution in [0.5, 0.6) is 0 Å². The molecule has 10 heavy (non-hydrogen) atoms. The first-order chi connectivity index (χ1) is 4.61. The van der Waals surface area contributed by atoms with Crippen LogP contribution in [0.25, 0.3) is 0 Å². The van der Waals surface area contributed by atoms with Gasteiger partial charge in [0.15, 0.2) is 0 Å². The zero-order chi connectivity index (χ0) is 8.20. The number of alkyl halides is 2. The molecule has 62 valence electrons. The predicted octanol–water partition coefficient (Wildman–Crippen LogP) is 3.47. The normalized spacial score (nSPS) is 18.9. The summed E-state index contributed by atoms with van der Waals surface area (Å²) < 4.78 is 24.3. The Morgan fingerprint density at radius 1 is 1.20 bits per heavy atom. The van der Waals surface area contributed by atoms with E-state index in [9.17, 15) is 8.78 Å². The van der Waals surface area contributed by atoms with Crippen molar-refractivity contribution in [3.05, 3.63) is 0 Å². The van der Waals surface area contributed by atoms with Crippen LogP contribution in [0.4, 0.5) is 8.78 Å². The third-order valence-electron chi connectivity index (χ3n) is 1.82. The summed E-state index contributed by atoms with van der Waals surface area (Å²) >= 11 is 0. The summed E-state index contributed by atoms with van der Waals surface area (Å²) in [6.07, 6.45) is 2.45. The van der Waals surface area contributed by atoms with Crippen molar-refractivity contribution in [1.29, 1.82) is 0 Å². The minimum Gasteiger partial charge on any atom is -0.207 e. The number of hydrogen-bond donors (Lipinski definition) is 0. The van der Waals surface area contributed by atoms with Gasteiger partial charge in [0.05, 0.1) is 0 Å². The quantitative estimate of drug-likeness (QED) is 0.537. The highest BCUT2D eigenvalue weighted by molar-refractivity contribution is 4.79. The van der Waals surface area contributed by atoms with E-state index >= 15 is 0 Å². The molecule has 2 heteroatoms. The lowest BCUT2D eigenvalue weighted by atomic mass is 9.81. The van der Waals surface area contributed by atoms with Gasteiger partial charge in [0.2, 0.25) is 5.92 Å². The summed E-state index contributed by atoms with van der Waals surface area (Å²) in [5.74, 6) is -2.71. The Hall–Kier alpha value is -0.140. The van der Waals surface area contributed by atoms with E-state index in [4.69, 9.17) is 0 Å². The van der Waals surface area contributed by atoms with Gasteiger partial charge in [0, 0.05) is 5.92 Å². The Balaban J connectivity index is 0.000000371. The maximum atomic E-state index is 12.2. The Bertz CT molecular complexity index is 79.7. The van der Waals surface area contributed by atoms with Gasteiger partial charge in [-0.15, -0.1) is 0 Å². The molecule has 1 aliphatic rings. The molecule has 0 nitrogen and oxygen atoms in total. The van der Waals surface area contributed by atoms with Gasteiger partial charge in [-0.3, -0.25) is 0 Å². The van der Waals surface area contributed by atoms with E-state index in [2.05, 4.69) is 0 Å². The molecule has 0 spiro atoms. The molecule has 1 rings (SSSR count). The maximum Gasteiger partial charge on any atom is 0.248 e. The first-order valence-corrected chi connectivity index (χ1v) is 3.98. The lowest BCUT2D eigenvalue weighted by Gasteiger charge is -2.30. The van der Waals surface area contributed by atoms with E-state index < -0.39 is 5.92 Å². The molecule has 0 aromatic rings. The molecule has 0 radical (unpaired) electrons. The van der Waals surface area contributed by atoms with Gasteiger partial charge in [-0.25, -0.2) is 8.78 Å².